The molecule has 0 radical (unpaired) electrons. The van der Waals surface area contributed by atoms with Gasteiger partial charge in [-0.25, -0.2) is 8.78 Å². The third-order valence-corrected chi connectivity index (χ3v) is 1.88. The molecule has 0 bridgehead atoms. The number of rotatable bonds is 3. The molecule has 1 aromatic rings. The Balaban J connectivity index is 3.13. The Morgan fingerprint density at radius 1 is 1.43 bits per heavy atom. The van der Waals surface area contributed by atoms with Gasteiger partial charge in [0.1, 0.15) is 6.29 Å². The Kier molecular flexibility index (Phi) is 3.51. The van der Waals surface area contributed by atoms with Crippen LogP contribution in [0.3, 0.4) is 0 Å². The second kappa shape index (κ2) is 4.65. The molecule has 3 heteroatoms. The summed E-state index contributed by atoms with van der Waals surface area (Å²) in [5, 5.41) is 0. The van der Waals surface area contributed by atoms with Crippen molar-refractivity contribution < 1.29 is 13.6 Å². The topological polar surface area (TPSA) is 17.1 Å². The highest BCUT2D eigenvalue weighted by Crippen LogP contribution is 2.15. The first-order valence-electron chi connectivity index (χ1n) is 4.28. The summed E-state index contributed by atoms with van der Waals surface area (Å²) in [4.78, 5) is 10.5. The van der Waals surface area contributed by atoms with E-state index in [4.69, 9.17) is 0 Å². The van der Waals surface area contributed by atoms with E-state index in [0.29, 0.717) is 18.3 Å². The maximum atomic E-state index is 13.1. The number of halogens is 2. The molecule has 0 fully saturated rings. The Morgan fingerprint density at radius 3 is 2.71 bits per heavy atom. The number of aldehydes is 1. The SMILES string of the molecule is CC/C(C=O)=C/c1cccc(F)c1F. The van der Waals surface area contributed by atoms with Crippen LogP contribution in [0.15, 0.2) is 23.8 Å². The lowest BCUT2D eigenvalue weighted by Gasteiger charge is -1.99. The van der Waals surface area contributed by atoms with Crippen LogP contribution in [-0.4, -0.2) is 6.29 Å². The molecule has 0 saturated carbocycles. The predicted octanol–water partition coefficient (Wildman–Crippen LogP) is 2.96. The molecule has 1 nitrogen and oxygen atoms in total. The molecule has 0 unspecified atom stereocenters. The summed E-state index contributed by atoms with van der Waals surface area (Å²) in [6, 6.07) is 3.87. The number of hydrogen-bond donors (Lipinski definition) is 0. The standard InChI is InChI=1S/C11H10F2O/c1-2-8(7-14)6-9-4-3-5-10(12)11(9)13/h3-7H,2H2,1H3/b8-6-. The first-order chi connectivity index (χ1) is 6.69. The summed E-state index contributed by atoms with van der Waals surface area (Å²) >= 11 is 0. The minimum atomic E-state index is -0.916. The third-order valence-electron chi connectivity index (χ3n) is 1.88. The zero-order chi connectivity index (χ0) is 10.6. The van der Waals surface area contributed by atoms with E-state index in [9.17, 15) is 13.6 Å². The van der Waals surface area contributed by atoms with Gasteiger partial charge in [0.2, 0.25) is 0 Å². The largest absolute Gasteiger partial charge is 0.298 e. The lowest BCUT2D eigenvalue weighted by Crippen LogP contribution is -1.89. The fourth-order valence-corrected chi connectivity index (χ4v) is 1.05. The molecule has 74 valence electrons. The van der Waals surface area contributed by atoms with Crippen LogP contribution in [0, 0.1) is 11.6 Å². The normalized spacial score (nSPS) is 11.5. The zero-order valence-corrected chi connectivity index (χ0v) is 7.76. The van der Waals surface area contributed by atoms with Crippen molar-refractivity contribution in [1.82, 2.24) is 0 Å². The number of carbonyl (C=O) groups excluding carboxylic acids is 1. The predicted molar refractivity (Wildman–Crippen MR) is 50.7 cm³/mol. The summed E-state index contributed by atoms with van der Waals surface area (Å²) in [7, 11) is 0. The van der Waals surface area contributed by atoms with Crippen LogP contribution >= 0.6 is 0 Å². The Morgan fingerprint density at radius 2 is 2.14 bits per heavy atom. The Labute approximate surface area is 81.1 Å². The fraction of sp³-hybridized carbons (Fsp3) is 0.182. The summed E-state index contributed by atoms with van der Waals surface area (Å²) in [5.41, 5.74) is 0.545. The number of carbonyl (C=O) groups is 1. The highest BCUT2D eigenvalue weighted by Gasteiger charge is 2.05. The van der Waals surface area contributed by atoms with Crippen molar-refractivity contribution in [1.29, 1.82) is 0 Å². The molecule has 0 heterocycles. The van der Waals surface area contributed by atoms with Crippen molar-refractivity contribution in [2.45, 2.75) is 13.3 Å². The molecule has 1 rings (SSSR count). The minimum Gasteiger partial charge on any atom is -0.298 e. The van der Waals surface area contributed by atoms with Gasteiger partial charge < -0.3 is 0 Å². The van der Waals surface area contributed by atoms with Gasteiger partial charge in [-0.15, -0.1) is 0 Å². The third kappa shape index (κ3) is 2.25. The van der Waals surface area contributed by atoms with Crippen LogP contribution in [0.4, 0.5) is 8.78 Å². The van der Waals surface area contributed by atoms with E-state index in [2.05, 4.69) is 0 Å². The van der Waals surface area contributed by atoms with Crippen LogP contribution < -0.4 is 0 Å². The second-order valence-electron chi connectivity index (χ2n) is 2.83. The van der Waals surface area contributed by atoms with E-state index in [1.165, 1.54) is 18.2 Å². The maximum absolute atomic E-state index is 13.1. The Bertz CT molecular complexity index is 370. The smallest absolute Gasteiger partial charge is 0.166 e. The van der Waals surface area contributed by atoms with Crippen molar-refractivity contribution in [3.05, 3.63) is 41.0 Å². The second-order valence-corrected chi connectivity index (χ2v) is 2.83. The van der Waals surface area contributed by atoms with Crippen molar-refractivity contribution >= 4 is 12.4 Å². The monoisotopic (exact) mass is 196 g/mol. The van der Waals surface area contributed by atoms with Crippen LogP contribution in [0.5, 0.6) is 0 Å². The van der Waals surface area contributed by atoms with Crippen LogP contribution in [-0.2, 0) is 4.79 Å². The van der Waals surface area contributed by atoms with Gasteiger partial charge in [-0.3, -0.25) is 4.79 Å². The summed E-state index contributed by atoms with van der Waals surface area (Å²) in [5.74, 6) is -1.82. The zero-order valence-electron chi connectivity index (χ0n) is 7.76. The maximum Gasteiger partial charge on any atom is 0.166 e. The molecule has 0 spiro atoms. The average Bonchev–Trinajstić information content (AvgIpc) is 2.20. The van der Waals surface area contributed by atoms with Gasteiger partial charge in [0, 0.05) is 5.56 Å². The molecule has 0 aliphatic heterocycles. The number of hydrogen-bond acceptors (Lipinski definition) is 1. The number of benzene rings is 1. The van der Waals surface area contributed by atoms with Gasteiger partial charge in [0.25, 0.3) is 0 Å². The summed E-state index contributed by atoms with van der Waals surface area (Å²) in [6.07, 6.45) is 2.50. The van der Waals surface area contributed by atoms with E-state index in [1.54, 1.807) is 6.92 Å². The number of allylic oxidation sites excluding steroid dienone is 1. The fourth-order valence-electron chi connectivity index (χ4n) is 1.05. The molecule has 0 aliphatic carbocycles. The molecule has 1 aromatic carbocycles. The van der Waals surface area contributed by atoms with Crippen molar-refractivity contribution in [2.75, 3.05) is 0 Å². The molecular weight excluding hydrogens is 186 g/mol. The van der Waals surface area contributed by atoms with Gasteiger partial charge in [-0.05, 0) is 24.1 Å². The molecule has 14 heavy (non-hydrogen) atoms. The molecule has 0 amide bonds. The van der Waals surface area contributed by atoms with Crippen LogP contribution in [0.2, 0.25) is 0 Å². The first-order valence-corrected chi connectivity index (χ1v) is 4.28. The van der Waals surface area contributed by atoms with Crippen molar-refractivity contribution in [2.24, 2.45) is 0 Å². The molecule has 0 atom stereocenters. The van der Waals surface area contributed by atoms with E-state index in [1.807, 2.05) is 0 Å². The summed E-state index contributed by atoms with van der Waals surface area (Å²) in [6.45, 7) is 1.78. The van der Waals surface area contributed by atoms with Crippen molar-refractivity contribution in [3.63, 3.8) is 0 Å². The average molecular weight is 196 g/mol. The lowest BCUT2D eigenvalue weighted by molar-refractivity contribution is -0.104. The van der Waals surface area contributed by atoms with E-state index >= 15 is 0 Å². The van der Waals surface area contributed by atoms with Crippen molar-refractivity contribution in [3.8, 4) is 0 Å². The highest BCUT2D eigenvalue weighted by atomic mass is 19.2. The van der Waals surface area contributed by atoms with E-state index in [0.717, 1.165) is 6.07 Å². The quantitative estimate of drug-likeness (QED) is 0.536. The van der Waals surface area contributed by atoms with Gasteiger partial charge in [-0.1, -0.05) is 19.1 Å². The molecule has 0 aromatic heterocycles. The van der Waals surface area contributed by atoms with Crippen LogP contribution in [0.25, 0.3) is 6.08 Å². The molecule has 0 N–H and O–H groups in total. The highest BCUT2D eigenvalue weighted by molar-refractivity contribution is 5.81. The molecular formula is C11H10F2O. The van der Waals surface area contributed by atoms with Gasteiger partial charge in [0.15, 0.2) is 11.6 Å². The van der Waals surface area contributed by atoms with Crippen LogP contribution in [0.1, 0.15) is 18.9 Å². The van der Waals surface area contributed by atoms with Gasteiger partial charge in [0.05, 0.1) is 0 Å². The Hall–Kier alpha value is -1.51. The molecule has 0 saturated heterocycles. The lowest BCUT2D eigenvalue weighted by atomic mass is 10.1. The van der Waals surface area contributed by atoms with Gasteiger partial charge in [-0.2, -0.15) is 0 Å². The first kappa shape index (κ1) is 10.6. The van der Waals surface area contributed by atoms with E-state index < -0.39 is 11.6 Å². The van der Waals surface area contributed by atoms with Gasteiger partial charge >= 0.3 is 0 Å². The minimum absolute atomic E-state index is 0.106. The van der Waals surface area contributed by atoms with E-state index in [-0.39, 0.29) is 5.56 Å². The molecule has 0 aliphatic rings. The summed E-state index contributed by atoms with van der Waals surface area (Å²) < 4.78 is 25.8.